The summed E-state index contributed by atoms with van der Waals surface area (Å²) >= 11 is 0. The monoisotopic (exact) mass is 772 g/mol. The van der Waals surface area contributed by atoms with Gasteiger partial charge in [0.2, 0.25) is 5.60 Å². The summed E-state index contributed by atoms with van der Waals surface area (Å²) in [4.78, 5) is 14.6. The summed E-state index contributed by atoms with van der Waals surface area (Å²) in [5.41, 5.74) is 15.2. The lowest BCUT2D eigenvalue weighted by Crippen LogP contribution is -2.77. The van der Waals surface area contributed by atoms with E-state index < -0.39 is 42.0 Å². The lowest BCUT2D eigenvalue weighted by Gasteiger charge is -2.54. The van der Waals surface area contributed by atoms with E-state index >= 15 is 0 Å². The number of carbonyl (C=O) groups excluding carboxylic acids is 1. The molecule has 5 aromatic rings. The molecule has 0 aromatic heterocycles. The first kappa shape index (κ1) is 41.9. The normalized spacial score (nSPS) is 21.9. The van der Waals surface area contributed by atoms with Gasteiger partial charge in [-0.3, -0.25) is 4.79 Å². The van der Waals surface area contributed by atoms with Crippen LogP contribution < -0.4 is 11.5 Å². The average Bonchev–Trinajstić information content (AvgIpc) is 3.26. The van der Waals surface area contributed by atoms with E-state index in [4.69, 9.17) is 39.9 Å². The Labute approximate surface area is 337 Å². The van der Waals surface area contributed by atoms with Crippen LogP contribution >= 0.6 is 0 Å². The Balaban J connectivity index is 1.48. The Bertz CT molecular complexity index is 1750. The minimum Gasteiger partial charge on any atom is -0.368 e. The Hall–Kier alpha value is -4.71. The van der Waals surface area contributed by atoms with E-state index in [1.807, 2.05) is 152 Å². The van der Waals surface area contributed by atoms with E-state index in [9.17, 15) is 4.79 Å². The number of primary amides is 1. The van der Waals surface area contributed by atoms with Crippen molar-refractivity contribution >= 4 is 5.91 Å². The van der Waals surface area contributed by atoms with Crippen LogP contribution in [-0.4, -0.2) is 55.2 Å². The lowest BCUT2D eigenvalue weighted by atomic mass is 9.73. The molecule has 9 heteroatoms. The van der Waals surface area contributed by atoms with Crippen molar-refractivity contribution in [2.75, 3.05) is 13.2 Å². The molecule has 0 radical (unpaired) electrons. The third kappa shape index (κ3) is 11.7. The Kier molecular flexibility index (Phi) is 16.4. The van der Waals surface area contributed by atoms with Crippen molar-refractivity contribution in [3.05, 3.63) is 179 Å². The van der Waals surface area contributed by atoms with Crippen molar-refractivity contribution < 1.29 is 33.2 Å². The number of rotatable bonds is 23. The number of benzene rings is 5. The van der Waals surface area contributed by atoms with Crippen LogP contribution in [0.3, 0.4) is 0 Å². The predicted molar refractivity (Wildman–Crippen MR) is 220 cm³/mol. The Morgan fingerprint density at radius 3 is 1.09 bits per heavy atom. The number of amides is 1. The molecule has 1 saturated carbocycles. The molecule has 0 saturated heterocycles. The third-order valence-electron chi connectivity index (χ3n) is 10.3. The largest absolute Gasteiger partial charge is 0.368 e. The second-order valence-electron chi connectivity index (χ2n) is 14.4. The van der Waals surface area contributed by atoms with Crippen molar-refractivity contribution in [3.63, 3.8) is 0 Å². The van der Waals surface area contributed by atoms with E-state index in [0.29, 0.717) is 13.0 Å². The first-order chi connectivity index (χ1) is 28.1. The molecule has 0 heterocycles. The number of nitrogens with two attached hydrogens (primary N) is 2. The summed E-state index contributed by atoms with van der Waals surface area (Å²) in [5, 5.41) is 0. The molecule has 9 nitrogen and oxygen atoms in total. The van der Waals surface area contributed by atoms with Gasteiger partial charge in [0.1, 0.15) is 30.5 Å². The number of unbranched alkanes of at least 4 members (excludes halogenated alkanes) is 3. The number of hydrogen-bond donors (Lipinski definition) is 2. The zero-order valence-electron chi connectivity index (χ0n) is 32.6. The van der Waals surface area contributed by atoms with Gasteiger partial charge in [-0.2, -0.15) is 0 Å². The molecule has 4 N–H and O–H groups in total. The highest BCUT2D eigenvalue weighted by molar-refractivity contribution is 5.86. The van der Waals surface area contributed by atoms with Crippen LogP contribution in [0, 0.1) is 0 Å². The Morgan fingerprint density at radius 1 is 0.439 bits per heavy atom. The van der Waals surface area contributed by atoms with Gasteiger partial charge in [-0.25, -0.2) is 0 Å². The van der Waals surface area contributed by atoms with E-state index in [1.54, 1.807) is 0 Å². The van der Waals surface area contributed by atoms with Gasteiger partial charge < -0.3 is 39.9 Å². The lowest BCUT2D eigenvalue weighted by molar-refractivity contribution is -0.316. The summed E-state index contributed by atoms with van der Waals surface area (Å²) in [5.74, 6) is -0.733. The van der Waals surface area contributed by atoms with Crippen molar-refractivity contribution in [2.45, 2.75) is 94.8 Å². The molecule has 0 aliphatic heterocycles. The molecule has 0 unspecified atom stereocenters. The topological polar surface area (TPSA) is 124 Å². The summed E-state index contributed by atoms with van der Waals surface area (Å²) in [6.45, 7) is 1.78. The fourth-order valence-electron chi connectivity index (χ4n) is 7.35. The quantitative estimate of drug-likeness (QED) is 0.0649. The first-order valence-corrected chi connectivity index (χ1v) is 20.0. The molecule has 1 fully saturated rings. The smallest absolute Gasteiger partial charge is 0.255 e. The summed E-state index contributed by atoms with van der Waals surface area (Å²) < 4.78 is 41.6. The van der Waals surface area contributed by atoms with Gasteiger partial charge in [0, 0.05) is 6.61 Å². The average molecular weight is 773 g/mol. The maximum absolute atomic E-state index is 14.6. The van der Waals surface area contributed by atoms with Crippen molar-refractivity contribution in [2.24, 2.45) is 11.5 Å². The van der Waals surface area contributed by atoms with E-state index in [1.165, 1.54) is 0 Å². The molecule has 1 aliphatic rings. The first-order valence-electron chi connectivity index (χ1n) is 20.0. The minimum absolute atomic E-state index is 0.151. The van der Waals surface area contributed by atoms with Crippen LogP contribution in [0.15, 0.2) is 152 Å². The number of hydrogen-bond acceptors (Lipinski definition) is 8. The van der Waals surface area contributed by atoms with Gasteiger partial charge in [-0.15, -0.1) is 0 Å². The van der Waals surface area contributed by atoms with E-state index in [-0.39, 0.29) is 39.6 Å². The summed E-state index contributed by atoms with van der Waals surface area (Å²) in [6.07, 6.45) is -1.40. The molecule has 6 rings (SSSR count). The third-order valence-corrected chi connectivity index (χ3v) is 10.3. The summed E-state index contributed by atoms with van der Waals surface area (Å²) in [7, 11) is 0. The van der Waals surface area contributed by atoms with E-state index in [2.05, 4.69) is 0 Å². The minimum atomic E-state index is -1.87. The van der Waals surface area contributed by atoms with Crippen LogP contribution in [0.2, 0.25) is 0 Å². The molecule has 6 atom stereocenters. The second kappa shape index (κ2) is 22.3. The van der Waals surface area contributed by atoms with Gasteiger partial charge in [0.05, 0.1) is 33.0 Å². The fraction of sp³-hybridized carbons (Fsp3) is 0.354. The fourth-order valence-corrected chi connectivity index (χ4v) is 7.35. The van der Waals surface area contributed by atoms with Crippen LogP contribution in [-0.2, 0) is 66.3 Å². The van der Waals surface area contributed by atoms with Crippen molar-refractivity contribution in [3.8, 4) is 0 Å². The second-order valence-corrected chi connectivity index (χ2v) is 14.4. The summed E-state index contributed by atoms with van der Waals surface area (Å²) in [6, 6.07) is 49.3. The van der Waals surface area contributed by atoms with Gasteiger partial charge >= 0.3 is 0 Å². The van der Waals surface area contributed by atoms with E-state index in [0.717, 1.165) is 47.1 Å². The molecule has 1 amide bonds. The SMILES string of the molecule is NCCCCCCO[C@]1(C(N)=O)[C@@H](OCc2ccccc2)[C@H](OCc2ccccc2)[C@@H](OCc2ccccc2)[C@H](OCc2ccccc2)[C@@H]1OCc1ccccc1. The highest BCUT2D eigenvalue weighted by atomic mass is 16.6. The highest BCUT2D eigenvalue weighted by Crippen LogP contribution is 2.43. The molecule has 0 spiro atoms. The molecule has 5 aromatic carbocycles. The molecular weight excluding hydrogens is 717 g/mol. The maximum Gasteiger partial charge on any atom is 0.255 e. The highest BCUT2D eigenvalue weighted by Gasteiger charge is 2.67. The maximum atomic E-state index is 14.6. The Morgan fingerprint density at radius 2 is 0.754 bits per heavy atom. The standard InChI is InChI=1S/C48H56N2O7/c49-30-18-1-2-19-31-57-48(47(50)51)45(55-35-40-26-14-6-15-27-40)43(53-33-38-22-10-4-11-23-38)42(52-32-37-20-8-3-9-21-37)44(54-34-39-24-12-5-13-25-39)46(48)56-36-41-28-16-7-17-29-41/h3-17,20-29,42-46H,1-2,18-19,30-36,49H2,(H2,50,51)/t42-,43-,44+,45-,46-,48-/m0/s1. The molecule has 57 heavy (non-hydrogen) atoms. The van der Waals surface area contributed by atoms with Gasteiger partial charge in [-0.1, -0.05) is 165 Å². The van der Waals surface area contributed by atoms with Crippen molar-refractivity contribution in [1.82, 2.24) is 0 Å². The predicted octanol–water partition coefficient (Wildman–Crippen LogP) is 7.69. The van der Waals surface area contributed by atoms with Gasteiger partial charge in [-0.05, 0) is 47.2 Å². The molecule has 0 bridgehead atoms. The van der Waals surface area contributed by atoms with Crippen LogP contribution in [0.4, 0.5) is 0 Å². The van der Waals surface area contributed by atoms with Gasteiger partial charge in [0.25, 0.3) is 5.91 Å². The number of carbonyl (C=O) groups is 1. The van der Waals surface area contributed by atoms with Crippen LogP contribution in [0.25, 0.3) is 0 Å². The van der Waals surface area contributed by atoms with Crippen LogP contribution in [0.5, 0.6) is 0 Å². The number of ether oxygens (including phenoxy) is 6. The van der Waals surface area contributed by atoms with Crippen LogP contribution in [0.1, 0.15) is 53.5 Å². The zero-order valence-corrected chi connectivity index (χ0v) is 32.6. The van der Waals surface area contributed by atoms with Crippen molar-refractivity contribution in [1.29, 1.82) is 0 Å². The molecule has 1 aliphatic carbocycles. The zero-order chi connectivity index (χ0) is 39.5. The van der Waals surface area contributed by atoms with Gasteiger partial charge in [0.15, 0.2) is 0 Å². The molecule has 300 valence electrons. The molecular formula is C48H56N2O7.